The first-order chi connectivity index (χ1) is 10.2. The largest absolute Gasteiger partial charge is 0.467 e. The van der Waals surface area contributed by atoms with Gasteiger partial charge in [0.2, 0.25) is 0 Å². The molecular weight excluding hydrogens is 294 g/mol. The van der Waals surface area contributed by atoms with Crippen LogP contribution in [0.5, 0.6) is 0 Å². The molecule has 1 heterocycles. The minimum Gasteiger partial charge on any atom is -0.467 e. The molecule has 0 aromatic carbocycles. The van der Waals surface area contributed by atoms with Crippen molar-refractivity contribution in [3.8, 4) is 0 Å². The Morgan fingerprint density at radius 3 is 2.71 bits per heavy atom. The SMILES string of the molecule is COC(=O)C(CCSC)NC(=O)NCCN1CCOCC1. The van der Waals surface area contributed by atoms with Crippen LogP contribution in [0.3, 0.4) is 0 Å². The van der Waals surface area contributed by atoms with E-state index in [1.807, 2.05) is 6.26 Å². The molecule has 2 N–H and O–H groups in total. The Balaban J connectivity index is 2.23. The van der Waals surface area contributed by atoms with E-state index in [9.17, 15) is 9.59 Å². The number of rotatable bonds is 8. The van der Waals surface area contributed by atoms with Crippen molar-refractivity contribution in [2.24, 2.45) is 0 Å². The number of carbonyl (C=O) groups excluding carboxylic acids is 2. The van der Waals surface area contributed by atoms with Gasteiger partial charge in [-0.15, -0.1) is 0 Å². The van der Waals surface area contributed by atoms with E-state index in [2.05, 4.69) is 15.5 Å². The number of morpholine rings is 1. The molecule has 8 heteroatoms. The van der Waals surface area contributed by atoms with Crippen LogP contribution in [0.25, 0.3) is 0 Å². The third-order valence-corrected chi connectivity index (χ3v) is 3.86. The number of nitrogens with zero attached hydrogens (tertiary/aromatic N) is 1. The predicted molar refractivity (Wildman–Crippen MR) is 82.6 cm³/mol. The zero-order valence-corrected chi connectivity index (χ0v) is 13.5. The normalized spacial score (nSPS) is 17.0. The van der Waals surface area contributed by atoms with Crippen molar-refractivity contribution in [3.05, 3.63) is 0 Å². The molecule has 0 spiro atoms. The third-order valence-electron chi connectivity index (χ3n) is 3.22. The third kappa shape index (κ3) is 7.54. The summed E-state index contributed by atoms with van der Waals surface area (Å²) in [4.78, 5) is 25.6. The minimum atomic E-state index is -0.592. The number of methoxy groups -OCH3 is 1. The summed E-state index contributed by atoms with van der Waals surface area (Å²) in [6.07, 6.45) is 2.52. The maximum Gasteiger partial charge on any atom is 0.328 e. The van der Waals surface area contributed by atoms with Crippen LogP contribution in [-0.2, 0) is 14.3 Å². The number of amides is 2. The molecule has 1 rings (SSSR count). The van der Waals surface area contributed by atoms with Crippen LogP contribution < -0.4 is 10.6 Å². The molecule has 0 radical (unpaired) electrons. The van der Waals surface area contributed by atoms with Crippen molar-refractivity contribution in [2.75, 3.05) is 58.5 Å². The molecule has 0 aromatic heterocycles. The Morgan fingerprint density at radius 2 is 2.10 bits per heavy atom. The smallest absolute Gasteiger partial charge is 0.328 e. The molecule has 122 valence electrons. The molecule has 0 bridgehead atoms. The maximum absolute atomic E-state index is 11.8. The molecule has 21 heavy (non-hydrogen) atoms. The summed E-state index contributed by atoms with van der Waals surface area (Å²) in [5, 5.41) is 5.43. The lowest BCUT2D eigenvalue weighted by Gasteiger charge is -2.26. The fourth-order valence-corrected chi connectivity index (χ4v) is 2.46. The average molecular weight is 319 g/mol. The second-order valence-electron chi connectivity index (χ2n) is 4.71. The monoisotopic (exact) mass is 319 g/mol. The summed E-state index contributed by atoms with van der Waals surface area (Å²) in [6.45, 7) is 4.59. The molecule has 7 nitrogen and oxygen atoms in total. The van der Waals surface area contributed by atoms with E-state index in [0.29, 0.717) is 13.0 Å². The van der Waals surface area contributed by atoms with Gasteiger partial charge in [-0.3, -0.25) is 4.90 Å². The molecule has 1 atom stereocenters. The van der Waals surface area contributed by atoms with Gasteiger partial charge < -0.3 is 20.1 Å². The average Bonchev–Trinajstić information content (AvgIpc) is 2.51. The van der Waals surface area contributed by atoms with Gasteiger partial charge in [0.05, 0.1) is 20.3 Å². The second-order valence-corrected chi connectivity index (χ2v) is 5.70. The first kappa shape index (κ1) is 18.1. The number of carbonyl (C=O) groups is 2. The van der Waals surface area contributed by atoms with Crippen LogP contribution in [0, 0.1) is 0 Å². The highest BCUT2D eigenvalue weighted by Crippen LogP contribution is 2.02. The van der Waals surface area contributed by atoms with E-state index in [1.54, 1.807) is 11.8 Å². The van der Waals surface area contributed by atoms with Crippen LogP contribution in [0.1, 0.15) is 6.42 Å². The minimum absolute atomic E-state index is 0.334. The number of urea groups is 1. The van der Waals surface area contributed by atoms with Crippen LogP contribution in [0.4, 0.5) is 4.79 Å². The lowest BCUT2D eigenvalue weighted by Crippen LogP contribution is -2.49. The number of thioether (sulfide) groups is 1. The van der Waals surface area contributed by atoms with Gasteiger partial charge in [-0.1, -0.05) is 0 Å². The van der Waals surface area contributed by atoms with E-state index >= 15 is 0 Å². The van der Waals surface area contributed by atoms with E-state index in [0.717, 1.165) is 38.6 Å². The molecule has 0 saturated carbocycles. The predicted octanol–water partition coefficient (Wildman–Crippen LogP) is -0.0875. The van der Waals surface area contributed by atoms with Gasteiger partial charge in [0.25, 0.3) is 0 Å². The molecule has 0 aromatic rings. The van der Waals surface area contributed by atoms with Crippen molar-refractivity contribution < 1.29 is 19.1 Å². The summed E-state index contributed by atoms with van der Waals surface area (Å²) in [6, 6.07) is -0.925. The van der Waals surface area contributed by atoms with E-state index in [1.165, 1.54) is 7.11 Å². The standard InChI is InChI=1S/C13H25N3O4S/c1-19-12(17)11(3-10-21-2)15-13(18)14-4-5-16-6-8-20-9-7-16/h11H,3-10H2,1-2H3,(H2,14,15,18). The molecule has 1 fully saturated rings. The lowest BCUT2D eigenvalue weighted by molar-refractivity contribution is -0.142. The quantitative estimate of drug-likeness (QED) is 0.609. The summed E-state index contributed by atoms with van der Waals surface area (Å²) in [5.41, 5.74) is 0. The second kappa shape index (κ2) is 10.7. The van der Waals surface area contributed by atoms with Crippen LogP contribution >= 0.6 is 11.8 Å². The Hall–Kier alpha value is -0.990. The van der Waals surface area contributed by atoms with Crippen molar-refractivity contribution >= 4 is 23.8 Å². The first-order valence-corrected chi connectivity index (χ1v) is 8.48. The Kier molecular flexibility index (Phi) is 9.20. The van der Waals surface area contributed by atoms with E-state index in [4.69, 9.17) is 9.47 Å². The Morgan fingerprint density at radius 1 is 1.38 bits per heavy atom. The number of hydrogen-bond acceptors (Lipinski definition) is 6. The highest BCUT2D eigenvalue weighted by molar-refractivity contribution is 7.98. The summed E-state index contributed by atoms with van der Waals surface area (Å²) in [5.74, 6) is 0.376. The van der Waals surface area contributed by atoms with Gasteiger partial charge in [0.1, 0.15) is 6.04 Å². The Bertz CT molecular complexity index is 325. The highest BCUT2D eigenvalue weighted by Gasteiger charge is 2.20. The zero-order chi connectivity index (χ0) is 15.5. The molecule has 1 unspecified atom stereocenters. The molecule has 1 aliphatic rings. The van der Waals surface area contributed by atoms with Crippen molar-refractivity contribution in [1.82, 2.24) is 15.5 Å². The van der Waals surface area contributed by atoms with Gasteiger partial charge in [-0.25, -0.2) is 9.59 Å². The molecule has 1 aliphatic heterocycles. The fourth-order valence-electron chi connectivity index (χ4n) is 1.99. The molecular formula is C13H25N3O4S. The molecule has 2 amide bonds. The van der Waals surface area contributed by atoms with Crippen molar-refractivity contribution in [1.29, 1.82) is 0 Å². The molecule has 0 aliphatic carbocycles. The topological polar surface area (TPSA) is 79.9 Å². The van der Waals surface area contributed by atoms with Crippen molar-refractivity contribution in [2.45, 2.75) is 12.5 Å². The fraction of sp³-hybridized carbons (Fsp3) is 0.846. The van der Waals surface area contributed by atoms with Crippen molar-refractivity contribution in [3.63, 3.8) is 0 Å². The molecule has 1 saturated heterocycles. The van der Waals surface area contributed by atoms with E-state index < -0.39 is 12.0 Å². The highest BCUT2D eigenvalue weighted by atomic mass is 32.2. The summed E-state index contributed by atoms with van der Waals surface area (Å²) in [7, 11) is 1.33. The van der Waals surface area contributed by atoms with Gasteiger partial charge in [0, 0.05) is 26.2 Å². The summed E-state index contributed by atoms with van der Waals surface area (Å²) >= 11 is 1.62. The van der Waals surface area contributed by atoms with Gasteiger partial charge in [-0.2, -0.15) is 11.8 Å². The van der Waals surface area contributed by atoms with Gasteiger partial charge in [-0.05, 0) is 18.4 Å². The maximum atomic E-state index is 11.8. The number of ether oxygens (including phenoxy) is 2. The number of hydrogen-bond donors (Lipinski definition) is 2. The van der Waals surface area contributed by atoms with Crippen LogP contribution in [0.15, 0.2) is 0 Å². The zero-order valence-electron chi connectivity index (χ0n) is 12.7. The Labute approximate surface area is 130 Å². The first-order valence-electron chi connectivity index (χ1n) is 7.08. The van der Waals surface area contributed by atoms with Gasteiger partial charge in [0.15, 0.2) is 0 Å². The van der Waals surface area contributed by atoms with Gasteiger partial charge >= 0.3 is 12.0 Å². The lowest BCUT2D eigenvalue weighted by atomic mass is 10.2. The number of nitrogens with one attached hydrogen (secondary N) is 2. The van der Waals surface area contributed by atoms with E-state index in [-0.39, 0.29) is 6.03 Å². The van der Waals surface area contributed by atoms with Crippen LogP contribution in [0.2, 0.25) is 0 Å². The number of esters is 1. The van der Waals surface area contributed by atoms with Crippen LogP contribution in [-0.4, -0.2) is 81.5 Å². The summed E-state index contributed by atoms with van der Waals surface area (Å²) < 4.78 is 9.96.